The van der Waals surface area contributed by atoms with Gasteiger partial charge < -0.3 is 17.4 Å². The Balaban J connectivity index is 0.000000579. The molecular weight excluding hydrogens is 386 g/mol. The van der Waals surface area contributed by atoms with Crippen molar-refractivity contribution in [2.45, 2.75) is 86.0 Å². The highest BCUT2D eigenvalue weighted by molar-refractivity contribution is 6.73. The Morgan fingerprint density at radius 3 is 1.50 bits per heavy atom. The summed E-state index contributed by atoms with van der Waals surface area (Å²) in [6, 6.07) is 4.45. The van der Waals surface area contributed by atoms with Gasteiger partial charge in [-0.3, -0.25) is 4.79 Å². The van der Waals surface area contributed by atoms with Gasteiger partial charge in [0.1, 0.15) is 0 Å². The highest BCUT2D eigenvalue weighted by Gasteiger charge is 2.26. The molecule has 0 saturated carbocycles. The highest BCUT2D eigenvalue weighted by atomic mass is 19.4. The summed E-state index contributed by atoms with van der Waals surface area (Å²) in [5.41, 5.74) is -0.635. The first-order valence-corrected chi connectivity index (χ1v) is 11.8. The molecule has 30 heavy (non-hydrogen) atoms. The maximum absolute atomic E-state index is 12.2. The second-order valence-electron chi connectivity index (χ2n) is 8.41. The van der Waals surface area contributed by atoms with Crippen LogP contribution in [0.2, 0.25) is 0 Å². The second-order valence-corrected chi connectivity index (χ2v) is 8.41. The number of quaternary nitrogens is 1. The van der Waals surface area contributed by atoms with Crippen LogP contribution in [0.5, 0.6) is 0 Å². The SMILES string of the molecule is CC(=O)c1cccc([B-](F)(F)F)c1.CCCC[N+](CCCC)(CCCC)CCCC. The van der Waals surface area contributed by atoms with Crippen molar-refractivity contribution in [2.75, 3.05) is 26.2 Å². The Kier molecular flexibility index (Phi) is 14.8. The first-order valence-electron chi connectivity index (χ1n) is 11.8. The fourth-order valence-electron chi connectivity index (χ4n) is 3.61. The Labute approximate surface area is 182 Å². The Hall–Kier alpha value is -1.30. The molecule has 0 unspecified atom stereocenters. The lowest BCUT2D eigenvalue weighted by molar-refractivity contribution is -0.929. The molecule has 6 heteroatoms. The molecule has 0 spiro atoms. The van der Waals surface area contributed by atoms with Crippen LogP contribution in [-0.2, 0) is 0 Å². The lowest BCUT2D eigenvalue weighted by atomic mass is 9.79. The van der Waals surface area contributed by atoms with E-state index in [2.05, 4.69) is 27.7 Å². The summed E-state index contributed by atoms with van der Waals surface area (Å²) in [5.74, 6) is -0.359. The third kappa shape index (κ3) is 11.8. The van der Waals surface area contributed by atoms with Gasteiger partial charge in [0, 0.05) is 5.56 Å². The maximum Gasteiger partial charge on any atom is 0.509 e. The molecule has 0 aliphatic carbocycles. The summed E-state index contributed by atoms with van der Waals surface area (Å²) in [6.45, 7) is 11.3. The summed E-state index contributed by atoms with van der Waals surface area (Å²) in [4.78, 5) is 10.8. The van der Waals surface area contributed by atoms with E-state index < -0.39 is 12.4 Å². The average molecular weight is 429 g/mol. The minimum Gasteiger partial charge on any atom is -0.445 e. The van der Waals surface area contributed by atoms with Gasteiger partial charge in [0.05, 0.1) is 26.2 Å². The molecule has 1 aromatic carbocycles. The molecule has 0 atom stereocenters. The third-order valence-corrected chi connectivity index (χ3v) is 5.62. The fraction of sp³-hybridized carbons (Fsp3) is 0.708. The molecule has 1 aromatic rings. The normalized spacial score (nSPS) is 11.7. The van der Waals surface area contributed by atoms with Crippen LogP contribution in [0.15, 0.2) is 24.3 Å². The molecule has 0 radical (unpaired) electrons. The largest absolute Gasteiger partial charge is 0.509 e. The van der Waals surface area contributed by atoms with E-state index in [0.717, 1.165) is 12.1 Å². The van der Waals surface area contributed by atoms with Crippen molar-refractivity contribution in [1.29, 1.82) is 0 Å². The standard InChI is InChI=1S/C16H36N.C8H7BF3O/c1-5-9-13-17(14-10-6-2,15-11-7-3)16-12-8-4;1-6(13)7-3-2-4-8(5-7)9(10,11)12/h5-16H2,1-4H3;2-5H,1H3/q+1;-1. The van der Waals surface area contributed by atoms with Gasteiger partial charge >= 0.3 is 6.98 Å². The zero-order valence-electron chi connectivity index (χ0n) is 19.9. The number of unbranched alkanes of at least 4 members (excludes halogenated alkanes) is 4. The van der Waals surface area contributed by atoms with E-state index in [-0.39, 0.29) is 11.3 Å². The molecule has 0 amide bonds. The lowest BCUT2D eigenvalue weighted by Crippen LogP contribution is -2.50. The van der Waals surface area contributed by atoms with Gasteiger partial charge in [0.25, 0.3) is 0 Å². The molecule has 0 aliphatic rings. The van der Waals surface area contributed by atoms with Crippen LogP contribution in [0.1, 0.15) is 96.3 Å². The average Bonchev–Trinajstić information content (AvgIpc) is 2.72. The van der Waals surface area contributed by atoms with Gasteiger partial charge in [-0.1, -0.05) is 77.6 Å². The van der Waals surface area contributed by atoms with Crippen LogP contribution in [-0.4, -0.2) is 43.4 Å². The minimum absolute atomic E-state index is 0.0942. The molecular formula is C24H43BF3NO. The number of carbonyl (C=O) groups excluding carboxylic acids is 1. The minimum atomic E-state index is -5.00. The van der Waals surface area contributed by atoms with Crippen LogP contribution in [0.25, 0.3) is 0 Å². The number of benzene rings is 1. The number of nitrogens with zero attached hydrogens (tertiary/aromatic N) is 1. The summed E-state index contributed by atoms with van der Waals surface area (Å²) in [7, 11) is 0. The summed E-state index contributed by atoms with van der Waals surface area (Å²) < 4.78 is 38.0. The molecule has 0 saturated heterocycles. The summed E-state index contributed by atoms with van der Waals surface area (Å²) in [5, 5.41) is 0. The van der Waals surface area contributed by atoms with Crippen LogP contribution < -0.4 is 5.46 Å². The van der Waals surface area contributed by atoms with E-state index in [1.165, 1.54) is 101 Å². The number of hydrogen-bond acceptors (Lipinski definition) is 1. The van der Waals surface area contributed by atoms with E-state index in [1.807, 2.05) is 0 Å². The third-order valence-electron chi connectivity index (χ3n) is 5.62. The Bertz CT molecular complexity index is 553. The second kappa shape index (κ2) is 15.5. The van der Waals surface area contributed by atoms with E-state index >= 15 is 0 Å². The molecule has 2 nitrogen and oxygen atoms in total. The predicted molar refractivity (Wildman–Crippen MR) is 125 cm³/mol. The van der Waals surface area contributed by atoms with Crippen LogP contribution >= 0.6 is 0 Å². The van der Waals surface area contributed by atoms with E-state index in [0.29, 0.717) is 0 Å². The topological polar surface area (TPSA) is 17.1 Å². The monoisotopic (exact) mass is 429 g/mol. The first kappa shape index (κ1) is 28.7. The zero-order chi connectivity index (χ0) is 23.0. The molecule has 1 rings (SSSR count). The van der Waals surface area contributed by atoms with E-state index in [1.54, 1.807) is 0 Å². The Morgan fingerprint density at radius 2 is 1.20 bits per heavy atom. The van der Waals surface area contributed by atoms with E-state index in [9.17, 15) is 17.7 Å². The molecule has 0 N–H and O–H groups in total. The van der Waals surface area contributed by atoms with Gasteiger partial charge in [-0.15, -0.1) is 5.46 Å². The lowest BCUT2D eigenvalue weighted by Gasteiger charge is -2.39. The van der Waals surface area contributed by atoms with Gasteiger partial charge in [-0.25, -0.2) is 0 Å². The molecule has 0 fully saturated rings. The van der Waals surface area contributed by atoms with Gasteiger partial charge in [0.15, 0.2) is 5.78 Å². The van der Waals surface area contributed by atoms with Gasteiger partial charge in [-0.05, 0) is 32.6 Å². The van der Waals surface area contributed by atoms with Crippen molar-refractivity contribution in [3.05, 3.63) is 29.8 Å². The van der Waals surface area contributed by atoms with Crippen molar-refractivity contribution in [3.8, 4) is 0 Å². The van der Waals surface area contributed by atoms with E-state index in [4.69, 9.17) is 0 Å². The van der Waals surface area contributed by atoms with Crippen LogP contribution in [0, 0.1) is 0 Å². The number of rotatable bonds is 14. The summed E-state index contributed by atoms with van der Waals surface area (Å²) >= 11 is 0. The number of ketones is 1. The van der Waals surface area contributed by atoms with Gasteiger partial charge in [-0.2, -0.15) is 0 Å². The molecule has 0 aliphatic heterocycles. The van der Waals surface area contributed by atoms with Gasteiger partial charge in [0.2, 0.25) is 0 Å². The van der Waals surface area contributed by atoms with Crippen molar-refractivity contribution in [1.82, 2.24) is 0 Å². The van der Waals surface area contributed by atoms with Crippen molar-refractivity contribution in [2.24, 2.45) is 0 Å². The fourth-order valence-corrected chi connectivity index (χ4v) is 3.61. The maximum atomic E-state index is 12.2. The van der Waals surface area contributed by atoms with Crippen molar-refractivity contribution < 1.29 is 22.2 Å². The number of halogens is 3. The zero-order valence-corrected chi connectivity index (χ0v) is 19.9. The molecule has 0 heterocycles. The van der Waals surface area contributed by atoms with Crippen molar-refractivity contribution >= 4 is 18.2 Å². The number of Topliss-reactive ketones (excluding diaryl/α,β-unsaturated/α-hetero) is 1. The van der Waals surface area contributed by atoms with Crippen LogP contribution in [0.3, 0.4) is 0 Å². The van der Waals surface area contributed by atoms with Crippen molar-refractivity contribution in [3.63, 3.8) is 0 Å². The van der Waals surface area contributed by atoms with Crippen LogP contribution in [0.4, 0.5) is 12.9 Å². The smallest absolute Gasteiger partial charge is 0.445 e. The first-order chi connectivity index (χ1) is 14.2. The molecule has 0 aromatic heterocycles. The predicted octanol–water partition coefficient (Wildman–Crippen LogP) is 6.95. The Morgan fingerprint density at radius 1 is 0.800 bits per heavy atom. The number of hydrogen-bond donors (Lipinski definition) is 0. The molecule has 174 valence electrons. The quantitative estimate of drug-likeness (QED) is 0.178. The summed E-state index contributed by atoms with van der Waals surface area (Å²) in [6.07, 6.45) is 11.1. The highest BCUT2D eigenvalue weighted by Crippen LogP contribution is 2.16. The number of carbonyl (C=O) groups is 1. The molecule has 0 bridgehead atoms.